The summed E-state index contributed by atoms with van der Waals surface area (Å²) in [6.07, 6.45) is 0. The van der Waals surface area contributed by atoms with Crippen molar-refractivity contribution >= 4 is 22.0 Å². The summed E-state index contributed by atoms with van der Waals surface area (Å²) in [5, 5.41) is 3.87. The highest BCUT2D eigenvalue weighted by Crippen LogP contribution is 2.02. The third-order valence-corrected chi connectivity index (χ3v) is 1.30. The Morgan fingerprint density at radius 3 is 3.00 bits per heavy atom. The molecule has 0 aromatic carbocycles. The van der Waals surface area contributed by atoms with E-state index in [0.717, 1.165) is 11.8 Å². The van der Waals surface area contributed by atoms with Crippen molar-refractivity contribution in [3.63, 3.8) is 0 Å². The molecule has 1 aliphatic rings. The highest BCUT2D eigenvalue weighted by atomic mass is 32.2. The van der Waals surface area contributed by atoms with Crippen molar-refractivity contribution in [1.29, 1.82) is 0 Å². The summed E-state index contributed by atoms with van der Waals surface area (Å²) in [5.41, 5.74) is 7.63. The van der Waals surface area contributed by atoms with Crippen molar-refractivity contribution in [1.82, 2.24) is 5.43 Å². The van der Waals surface area contributed by atoms with Crippen LogP contribution in [-0.2, 0) is 4.79 Å². The third-order valence-electron chi connectivity index (χ3n) is 0.631. The molecule has 1 heterocycles. The van der Waals surface area contributed by atoms with Gasteiger partial charge in [0.15, 0.2) is 5.17 Å². The molecule has 1 rings (SSSR count). The molecule has 3 N–H and O–H groups in total. The summed E-state index contributed by atoms with van der Waals surface area (Å²) in [7, 11) is 0. The first-order valence-corrected chi connectivity index (χ1v) is 2.87. The van der Waals surface area contributed by atoms with Crippen molar-refractivity contribution in [3.8, 4) is 0 Å². The molecular formula is C3H5N3OS. The van der Waals surface area contributed by atoms with Crippen LogP contribution in [-0.4, -0.2) is 16.8 Å². The maximum Gasteiger partial charge on any atom is 0.217 e. The zero-order chi connectivity index (χ0) is 5.98. The Morgan fingerprint density at radius 2 is 2.62 bits per heavy atom. The predicted molar refractivity (Wildman–Crippen MR) is 32.2 cm³/mol. The van der Waals surface area contributed by atoms with E-state index < -0.39 is 0 Å². The lowest BCUT2D eigenvalue weighted by molar-refractivity contribution is -0.110. The van der Waals surface area contributed by atoms with Crippen LogP contribution in [0.25, 0.3) is 0 Å². The van der Waals surface area contributed by atoms with E-state index in [9.17, 15) is 4.79 Å². The maximum atomic E-state index is 10.4. The molecule has 0 radical (unpaired) electrons. The first kappa shape index (κ1) is 5.43. The second-order valence-electron chi connectivity index (χ2n) is 1.26. The summed E-state index contributed by atoms with van der Waals surface area (Å²) in [4.78, 5) is 10.4. The largest absolute Gasteiger partial charge is 0.377 e. The number of amidine groups is 1. The number of carbonyl (C=O) groups is 1. The molecule has 0 aromatic heterocycles. The zero-order valence-electron chi connectivity index (χ0n) is 4.05. The van der Waals surface area contributed by atoms with E-state index in [1.54, 1.807) is 0 Å². The molecule has 0 aromatic rings. The van der Waals surface area contributed by atoms with E-state index in [4.69, 9.17) is 5.73 Å². The molecule has 0 aliphatic carbocycles. The molecule has 8 heavy (non-hydrogen) atoms. The van der Waals surface area contributed by atoms with Crippen molar-refractivity contribution in [2.24, 2.45) is 10.8 Å². The van der Waals surface area contributed by atoms with Gasteiger partial charge in [0, 0.05) is 0 Å². The number of nitrogens with zero attached hydrogens (tertiary/aromatic N) is 1. The molecule has 0 spiro atoms. The topological polar surface area (TPSA) is 67.5 Å². The van der Waals surface area contributed by atoms with Gasteiger partial charge in [-0.15, -0.1) is 0 Å². The van der Waals surface area contributed by atoms with Crippen LogP contribution >= 0.6 is 11.8 Å². The van der Waals surface area contributed by atoms with Crippen molar-refractivity contribution < 1.29 is 4.79 Å². The molecule has 5 heteroatoms. The highest BCUT2D eigenvalue weighted by Gasteiger charge is 2.08. The number of rotatable bonds is 0. The second kappa shape index (κ2) is 2.04. The Labute approximate surface area is 50.5 Å². The Hall–Kier alpha value is -0.710. The lowest BCUT2D eigenvalue weighted by atomic mass is 10.8. The minimum atomic E-state index is 0.0116. The maximum absolute atomic E-state index is 10.4. The SMILES string of the molecule is NC1=NNCC(=O)S1. The standard InChI is InChI=1S/C3H5N3OS/c4-3-6-5-1-2(7)8-3/h5H,1H2,(H2,4,6). The number of hydrogen-bond donors (Lipinski definition) is 2. The molecule has 0 fully saturated rings. The summed E-state index contributed by atoms with van der Waals surface area (Å²) in [6, 6.07) is 0. The predicted octanol–water partition coefficient (Wildman–Crippen LogP) is -0.921. The fourth-order valence-corrected chi connectivity index (χ4v) is 0.838. The van der Waals surface area contributed by atoms with Crippen LogP contribution in [0.5, 0.6) is 0 Å². The van der Waals surface area contributed by atoms with E-state index in [0.29, 0.717) is 5.17 Å². The van der Waals surface area contributed by atoms with Crippen LogP contribution < -0.4 is 11.2 Å². The molecule has 44 valence electrons. The first-order valence-electron chi connectivity index (χ1n) is 2.06. The number of thioether (sulfide) groups is 1. The van der Waals surface area contributed by atoms with Crippen molar-refractivity contribution in [3.05, 3.63) is 0 Å². The molecule has 4 nitrogen and oxygen atoms in total. The van der Waals surface area contributed by atoms with Gasteiger partial charge in [-0.05, 0) is 11.8 Å². The molecule has 0 atom stereocenters. The van der Waals surface area contributed by atoms with Crippen LogP contribution in [0, 0.1) is 0 Å². The monoisotopic (exact) mass is 131 g/mol. The quantitative estimate of drug-likeness (QED) is 0.446. The first-order chi connectivity index (χ1) is 3.79. The summed E-state index contributed by atoms with van der Waals surface area (Å²) in [6.45, 7) is 0.283. The van der Waals surface area contributed by atoms with Gasteiger partial charge >= 0.3 is 0 Å². The van der Waals surface area contributed by atoms with Crippen LogP contribution in [0.15, 0.2) is 5.10 Å². The Kier molecular flexibility index (Phi) is 1.38. The van der Waals surface area contributed by atoms with E-state index >= 15 is 0 Å². The molecule has 1 aliphatic heterocycles. The fraction of sp³-hybridized carbons (Fsp3) is 0.333. The summed E-state index contributed by atoms with van der Waals surface area (Å²) in [5.74, 6) is 0. The van der Waals surface area contributed by atoms with Gasteiger partial charge in [0.05, 0.1) is 0 Å². The lowest BCUT2D eigenvalue weighted by Crippen LogP contribution is -2.27. The van der Waals surface area contributed by atoms with E-state index in [1.165, 1.54) is 0 Å². The molecule has 0 bridgehead atoms. The van der Waals surface area contributed by atoms with Gasteiger partial charge in [-0.25, -0.2) is 0 Å². The van der Waals surface area contributed by atoms with Crippen LogP contribution in [0.4, 0.5) is 0 Å². The fourth-order valence-electron chi connectivity index (χ4n) is 0.358. The smallest absolute Gasteiger partial charge is 0.217 e. The van der Waals surface area contributed by atoms with E-state index in [-0.39, 0.29) is 11.7 Å². The van der Waals surface area contributed by atoms with Crippen LogP contribution in [0.2, 0.25) is 0 Å². The Balaban J connectivity index is 2.57. The second-order valence-corrected chi connectivity index (χ2v) is 2.34. The van der Waals surface area contributed by atoms with Gasteiger partial charge in [-0.1, -0.05) is 0 Å². The highest BCUT2D eigenvalue weighted by molar-refractivity contribution is 8.26. The number of carbonyl (C=O) groups excluding carboxylic acids is 1. The number of nitrogens with two attached hydrogens (primary N) is 1. The molecule has 0 amide bonds. The normalized spacial score (nSPS) is 19.5. The molecule has 0 saturated carbocycles. The van der Waals surface area contributed by atoms with Crippen LogP contribution in [0.3, 0.4) is 0 Å². The molecule has 0 unspecified atom stereocenters. The average Bonchev–Trinajstić information content (AvgIpc) is 1.64. The zero-order valence-corrected chi connectivity index (χ0v) is 4.86. The average molecular weight is 131 g/mol. The van der Waals surface area contributed by atoms with Gasteiger partial charge in [0.25, 0.3) is 0 Å². The number of hydrazone groups is 1. The summed E-state index contributed by atoms with van der Waals surface area (Å²) >= 11 is 0.968. The Bertz CT molecular complexity index is 143. The molecular weight excluding hydrogens is 126 g/mol. The van der Waals surface area contributed by atoms with Gasteiger partial charge in [-0.2, -0.15) is 5.10 Å². The van der Waals surface area contributed by atoms with E-state index in [1.807, 2.05) is 0 Å². The minimum absolute atomic E-state index is 0.0116. The minimum Gasteiger partial charge on any atom is -0.377 e. The number of nitrogens with one attached hydrogen (secondary N) is 1. The van der Waals surface area contributed by atoms with E-state index in [2.05, 4.69) is 10.5 Å². The van der Waals surface area contributed by atoms with Gasteiger partial charge in [0.2, 0.25) is 5.12 Å². The van der Waals surface area contributed by atoms with Gasteiger partial charge in [0.1, 0.15) is 6.54 Å². The number of hydrogen-bond acceptors (Lipinski definition) is 5. The molecule has 0 saturated heterocycles. The van der Waals surface area contributed by atoms with Gasteiger partial charge < -0.3 is 5.73 Å². The third kappa shape index (κ3) is 1.13. The van der Waals surface area contributed by atoms with Crippen LogP contribution in [0.1, 0.15) is 0 Å². The van der Waals surface area contributed by atoms with Gasteiger partial charge in [-0.3, -0.25) is 10.2 Å². The Morgan fingerprint density at radius 1 is 1.88 bits per heavy atom. The van der Waals surface area contributed by atoms with Crippen molar-refractivity contribution in [2.45, 2.75) is 0 Å². The lowest BCUT2D eigenvalue weighted by Gasteiger charge is -2.05. The summed E-state index contributed by atoms with van der Waals surface area (Å²) < 4.78 is 0. The van der Waals surface area contributed by atoms with Crippen molar-refractivity contribution in [2.75, 3.05) is 6.54 Å².